The fourth-order valence-corrected chi connectivity index (χ4v) is 2.50. The Kier molecular flexibility index (Phi) is 7.40. The van der Waals surface area contributed by atoms with Gasteiger partial charge in [0.25, 0.3) is 0 Å². The molecule has 0 unspecified atom stereocenters. The van der Waals surface area contributed by atoms with Crippen LogP contribution in [0.5, 0.6) is 0 Å². The molecule has 0 saturated heterocycles. The lowest BCUT2D eigenvalue weighted by molar-refractivity contribution is 0.0834. The molecule has 2 N–H and O–H groups in total. The summed E-state index contributed by atoms with van der Waals surface area (Å²) in [5, 5.41) is 8.63. The molecule has 5 nitrogen and oxygen atoms in total. The highest BCUT2D eigenvalue weighted by Gasteiger charge is 2.12. The molecule has 0 spiro atoms. The molecule has 1 aromatic carbocycles. The van der Waals surface area contributed by atoms with Crippen molar-refractivity contribution in [2.45, 2.75) is 31.3 Å². The van der Waals surface area contributed by atoms with Crippen molar-refractivity contribution in [2.24, 2.45) is 0 Å². The number of aliphatic hydroxyl groups excluding tert-OH is 1. The number of hydrogen-bond donors (Lipinski definition) is 2. The van der Waals surface area contributed by atoms with Gasteiger partial charge < -0.3 is 9.84 Å². The zero-order valence-electron chi connectivity index (χ0n) is 12.3. The summed E-state index contributed by atoms with van der Waals surface area (Å²) >= 11 is 0. The number of sulfonamides is 1. The van der Waals surface area contributed by atoms with E-state index in [2.05, 4.69) is 16.6 Å². The van der Waals surface area contributed by atoms with Crippen LogP contribution in [0, 0.1) is 11.8 Å². The third-order valence-electron chi connectivity index (χ3n) is 2.48. The molecule has 1 aromatic rings. The van der Waals surface area contributed by atoms with Crippen LogP contribution < -0.4 is 4.72 Å². The minimum absolute atomic E-state index is 0.0157. The van der Waals surface area contributed by atoms with E-state index in [0.717, 1.165) is 0 Å². The van der Waals surface area contributed by atoms with Crippen molar-refractivity contribution in [3.63, 3.8) is 0 Å². The minimum atomic E-state index is -3.52. The van der Waals surface area contributed by atoms with Gasteiger partial charge in [-0.1, -0.05) is 11.8 Å². The Balaban J connectivity index is 2.61. The van der Waals surface area contributed by atoms with Gasteiger partial charge in [0.2, 0.25) is 10.0 Å². The highest BCUT2D eigenvalue weighted by molar-refractivity contribution is 7.89. The molecule has 0 amide bonds. The van der Waals surface area contributed by atoms with Crippen LogP contribution in [0.3, 0.4) is 0 Å². The Hall–Kier alpha value is -1.39. The van der Waals surface area contributed by atoms with E-state index in [1.54, 1.807) is 12.1 Å². The lowest BCUT2D eigenvalue weighted by atomic mass is 10.2. The van der Waals surface area contributed by atoms with Crippen molar-refractivity contribution in [1.29, 1.82) is 0 Å². The van der Waals surface area contributed by atoms with Gasteiger partial charge in [-0.15, -0.1) is 0 Å². The molecule has 0 aliphatic heterocycles. The van der Waals surface area contributed by atoms with Gasteiger partial charge in [-0.05, 0) is 38.1 Å². The van der Waals surface area contributed by atoms with Crippen molar-refractivity contribution >= 4 is 10.0 Å². The Labute approximate surface area is 126 Å². The molecule has 0 aromatic heterocycles. The van der Waals surface area contributed by atoms with E-state index >= 15 is 0 Å². The number of ether oxygens (including phenoxy) is 1. The van der Waals surface area contributed by atoms with Crippen LogP contribution in [0.2, 0.25) is 0 Å². The lowest BCUT2D eigenvalue weighted by Gasteiger charge is -2.09. The molecular formula is C15H21NO4S. The first-order valence-corrected chi connectivity index (χ1v) is 8.25. The van der Waals surface area contributed by atoms with Crippen molar-refractivity contribution in [3.8, 4) is 11.8 Å². The van der Waals surface area contributed by atoms with Crippen LogP contribution in [0.15, 0.2) is 29.2 Å². The second kappa shape index (κ2) is 8.80. The third-order valence-corrected chi connectivity index (χ3v) is 3.96. The van der Waals surface area contributed by atoms with Gasteiger partial charge in [-0.2, -0.15) is 0 Å². The predicted octanol–water partition coefficient (Wildman–Crippen LogP) is 1.12. The highest BCUT2D eigenvalue weighted by atomic mass is 32.2. The van der Waals surface area contributed by atoms with E-state index in [1.165, 1.54) is 12.1 Å². The summed E-state index contributed by atoms with van der Waals surface area (Å²) in [7, 11) is -3.52. The number of hydrogen-bond acceptors (Lipinski definition) is 4. The molecule has 1 rings (SSSR count). The Morgan fingerprint density at radius 1 is 1.29 bits per heavy atom. The molecule has 0 bridgehead atoms. The second-order valence-corrected chi connectivity index (χ2v) is 6.38. The lowest BCUT2D eigenvalue weighted by Crippen LogP contribution is -2.28. The molecule has 0 radical (unpaired) electrons. The van der Waals surface area contributed by atoms with E-state index in [4.69, 9.17) is 9.84 Å². The van der Waals surface area contributed by atoms with E-state index in [-0.39, 0.29) is 24.2 Å². The van der Waals surface area contributed by atoms with Crippen molar-refractivity contribution in [1.82, 2.24) is 4.72 Å². The number of rotatable bonds is 7. The van der Waals surface area contributed by atoms with Gasteiger partial charge in [0.05, 0.1) is 24.2 Å². The fourth-order valence-electron chi connectivity index (χ4n) is 1.49. The smallest absolute Gasteiger partial charge is 0.240 e. The number of aliphatic hydroxyl groups is 1. The zero-order chi connectivity index (χ0) is 15.7. The Bertz CT molecular complexity index is 582. The third kappa shape index (κ3) is 6.74. The largest absolute Gasteiger partial charge is 0.395 e. The van der Waals surface area contributed by atoms with Crippen LogP contribution in [0.1, 0.15) is 25.8 Å². The molecule has 0 saturated carbocycles. The summed E-state index contributed by atoms with van der Waals surface area (Å²) in [6.07, 6.45) is 0.476. The van der Waals surface area contributed by atoms with Crippen LogP contribution in [0.4, 0.5) is 0 Å². The molecule has 0 aliphatic carbocycles. The maximum atomic E-state index is 12.0. The number of nitrogens with one attached hydrogen (secondary N) is 1. The van der Waals surface area contributed by atoms with Gasteiger partial charge in [0.1, 0.15) is 0 Å². The Morgan fingerprint density at radius 3 is 2.52 bits per heavy atom. The van der Waals surface area contributed by atoms with Crippen molar-refractivity contribution < 1.29 is 18.3 Å². The van der Waals surface area contributed by atoms with E-state index < -0.39 is 10.0 Å². The first-order valence-electron chi connectivity index (χ1n) is 6.77. The molecule has 0 atom stereocenters. The molecule has 0 fully saturated rings. The zero-order valence-corrected chi connectivity index (χ0v) is 13.1. The molecule has 6 heteroatoms. The average Bonchev–Trinajstić information content (AvgIpc) is 2.44. The van der Waals surface area contributed by atoms with Crippen LogP contribution in [-0.2, 0) is 14.8 Å². The van der Waals surface area contributed by atoms with Crippen LogP contribution in [0.25, 0.3) is 0 Å². The molecular weight excluding hydrogens is 290 g/mol. The minimum Gasteiger partial charge on any atom is -0.395 e. The molecule has 116 valence electrons. The average molecular weight is 311 g/mol. The highest BCUT2D eigenvalue weighted by Crippen LogP contribution is 2.09. The maximum Gasteiger partial charge on any atom is 0.240 e. The summed E-state index contributed by atoms with van der Waals surface area (Å²) < 4.78 is 31.8. The Morgan fingerprint density at radius 2 is 1.95 bits per heavy atom. The van der Waals surface area contributed by atoms with Gasteiger partial charge in [0, 0.05) is 18.5 Å². The standard InChI is InChI=1S/C15H21NO4S/c1-13(2)20-12-10-16-21(18,19)15-8-6-14(7-9-15)5-3-4-11-17/h6-9,13,16-17H,4,10-12H2,1-2H3. The van der Waals surface area contributed by atoms with Crippen LogP contribution >= 0.6 is 0 Å². The van der Waals surface area contributed by atoms with E-state index in [1.807, 2.05) is 13.8 Å². The predicted molar refractivity (Wildman–Crippen MR) is 81.3 cm³/mol. The summed E-state index contributed by atoms with van der Waals surface area (Å²) in [5.41, 5.74) is 0.713. The SMILES string of the molecule is CC(C)OCCNS(=O)(=O)c1ccc(C#CCCO)cc1. The fraction of sp³-hybridized carbons (Fsp3) is 0.467. The first kappa shape index (κ1) is 17.7. The maximum absolute atomic E-state index is 12.0. The summed E-state index contributed by atoms with van der Waals surface area (Å²) in [4.78, 5) is 0.194. The molecule has 0 aliphatic rings. The van der Waals surface area contributed by atoms with Crippen LogP contribution in [-0.4, -0.2) is 39.4 Å². The van der Waals surface area contributed by atoms with Gasteiger partial charge in [-0.3, -0.25) is 0 Å². The first-order chi connectivity index (χ1) is 9.95. The summed E-state index contributed by atoms with van der Waals surface area (Å²) in [6, 6.07) is 6.30. The van der Waals surface area contributed by atoms with Gasteiger partial charge >= 0.3 is 0 Å². The monoisotopic (exact) mass is 311 g/mol. The molecule has 21 heavy (non-hydrogen) atoms. The van der Waals surface area contributed by atoms with E-state index in [9.17, 15) is 8.42 Å². The normalized spacial score (nSPS) is 11.2. The molecule has 0 heterocycles. The summed E-state index contributed by atoms with van der Waals surface area (Å²) in [6.45, 7) is 4.37. The second-order valence-electron chi connectivity index (χ2n) is 4.62. The van der Waals surface area contributed by atoms with Gasteiger partial charge in [0.15, 0.2) is 0 Å². The van der Waals surface area contributed by atoms with E-state index in [0.29, 0.717) is 18.6 Å². The quantitative estimate of drug-likeness (QED) is 0.584. The number of benzene rings is 1. The van der Waals surface area contributed by atoms with Crippen molar-refractivity contribution in [2.75, 3.05) is 19.8 Å². The van der Waals surface area contributed by atoms with Crippen molar-refractivity contribution in [3.05, 3.63) is 29.8 Å². The van der Waals surface area contributed by atoms with Gasteiger partial charge in [-0.25, -0.2) is 13.1 Å². The topological polar surface area (TPSA) is 75.6 Å². The summed E-state index contributed by atoms with van der Waals surface area (Å²) in [5.74, 6) is 5.62.